The fourth-order valence-corrected chi connectivity index (χ4v) is 3.34. The minimum atomic E-state index is 0.772. The zero-order valence-electron chi connectivity index (χ0n) is 14.6. The van der Waals surface area contributed by atoms with Gasteiger partial charge in [0.25, 0.3) is 0 Å². The number of fused-ring (bicyclic) bond motifs is 3. The summed E-state index contributed by atoms with van der Waals surface area (Å²) in [6.07, 6.45) is 1.94. The van der Waals surface area contributed by atoms with Crippen LogP contribution < -0.4 is 4.90 Å². The van der Waals surface area contributed by atoms with Crippen LogP contribution in [0.25, 0.3) is 33.1 Å². The van der Waals surface area contributed by atoms with Gasteiger partial charge in [-0.2, -0.15) is 0 Å². The van der Waals surface area contributed by atoms with E-state index in [4.69, 9.17) is 4.98 Å². The SMILES string of the molecule is CCN(CC)c1ccc(-c2ncc3c(ccc4ccccc43)n2)cc1. The third-order valence-corrected chi connectivity index (χ3v) is 4.74. The molecule has 124 valence electrons. The van der Waals surface area contributed by atoms with Crippen molar-refractivity contribution in [1.82, 2.24) is 9.97 Å². The predicted molar refractivity (Wildman–Crippen MR) is 106 cm³/mol. The summed E-state index contributed by atoms with van der Waals surface area (Å²) in [4.78, 5) is 11.7. The zero-order valence-corrected chi connectivity index (χ0v) is 14.6. The van der Waals surface area contributed by atoms with E-state index in [0.29, 0.717) is 0 Å². The van der Waals surface area contributed by atoms with Crippen molar-refractivity contribution in [2.24, 2.45) is 0 Å². The fourth-order valence-electron chi connectivity index (χ4n) is 3.34. The monoisotopic (exact) mass is 327 g/mol. The van der Waals surface area contributed by atoms with E-state index in [9.17, 15) is 0 Å². The average Bonchev–Trinajstić information content (AvgIpc) is 2.69. The van der Waals surface area contributed by atoms with E-state index in [1.807, 2.05) is 6.20 Å². The Bertz CT molecular complexity index is 1020. The first-order chi connectivity index (χ1) is 12.3. The number of hydrogen-bond acceptors (Lipinski definition) is 3. The van der Waals surface area contributed by atoms with Crippen molar-refractivity contribution in [2.45, 2.75) is 13.8 Å². The molecule has 4 aromatic rings. The van der Waals surface area contributed by atoms with Gasteiger partial charge in [-0.1, -0.05) is 30.3 Å². The second-order valence-electron chi connectivity index (χ2n) is 6.13. The summed E-state index contributed by atoms with van der Waals surface area (Å²) in [5.41, 5.74) is 3.27. The minimum absolute atomic E-state index is 0.772. The molecule has 0 unspecified atom stereocenters. The van der Waals surface area contributed by atoms with E-state index in [0.717, 1.165) is 35.4 Å². The molecule has 3 aromatic carbocycles. The molecule has 0 saturated heterocycles. The molecule has 0 aliphatic rings. The number of anilines is 1. The molecular formula is C22H21N3. The molecular weight excluding hydrogens is 306 g/mol. The highest BCUT2D eigenvalue weighted by Crippen LogP contribution is 2.26. The van der Waals surface area contributed by atoms with Crippen LogP contribution in [0.5, 0.6) is 0 Å². The smallest absolute Gasteiger partial charge is 0.159 e. The van der Waals surface area contributed by atoms with Gasteiger partial charge in [-0.15, -0.1) is 0 Å². The van der Waals surface area contributed by atoms with Gasteiger partial charge in [0, 0.05) is 35.9 Å². The van der Waals surface area contributed by atoms with E-state index < -0.39 is 0 Å². The highest BCUT2D eigenvalue weighted by Gasteiger charge is 2.07. The molecule has 0 aliphatic carbocycles. The van der Waals surface area contributed by atoms with Gasteiger partial charge in [0.05, 0.1) is 5.52 Å². The molecule has 0 atom stereocenters. The van der Waals surface area contributed by atoms with E-state index in [1.54, 1.807) is 0 Å². The molecule has 0 fully saturated rings. The van der Waals surface area contributed by atoms with Gasteiger partial charge in [0.2, 0.25) is 0 Å². The lowest BCUT2D eigenvalue weighted by Gasteiger charge is -2.21. The van der Waals surface area contributed by atoms with Crippen molar-refractivity contribution < 1.29 is 0 Å². The van der Waals surface area contributed by atoms with Crippen LogP contribution in [0.1, 0.15) is 13.8 Å². The highest BCUT2D eigenvalue weighted by molar-refractivity contribution is 6.05. The minimum Gasteiger partial charge on any atom is -0.372 e. The van der Waals surface area contributed by atoms with Crippen molar-refractivity contribution in [2.75, 3.05) is 18.0 Å². The zero-order chi connectivity index (χ0) is 17.2. The Labute approximate surface area is 148 Å². The summed E-state index contributed by atoms with van der Waals surface area (Å²) in [7, 11) is 0. The highest BCUT2D eigenvalue weighted by atomic mass is 15.1. The number of hydrogen-bond donors (Lipinski definition) is 0. The van der Waals surface area contributed by atoms with Crippen LogP contribution in [-0.2, 0) is 0 Å². The summed E-state index contributed by atoms with van der Waals surface area (Å²) in [6.45, 7) is 6.37. The van der Waals surface area contributed by atoms with Crippen molar-refractivity contribution in [1.29, 1.82) is 0 Å². The lowest BCUT2D eigenvalue weighted by atomic mass is 10.1. The molecule has 1 aromatic heterocycles. The quantitative estimate of drug-likeness (QED) is 0.476. The lowest BCUT2D eigenvalue weighted by molar-refractivity contribution is 0.866. The molecule has 0 spiro atoms. The first-order valence-corrected chi connectivity index (χ1v) is 8.80. The maximum Gasteiger partial charge on any atom is 0.159 e. The summed E-state index contributed by atoms with van der Waals surface area (Å²) < 4.78 is 0. The van der Waals surface area contributed by atoms with Crippen molar-refractivity contribution >= 4 is 27.4 Å². The maximum absolute atomic E-state index is 4.79. The topological polar surface area (TPSA) is 29.0 Å². The van der Waals surface area contributed by atoms with Crippen molar-refractivity contribution in [3.63, 3.8) is 0 Å². The Morgan fingerprint density at radius 1 is 0.800 bits per heavy atom. The third kappa shape index (κ3) is 2.82. The van der Waals surface area contributed by atoms with Crippen LogP contribution in [0, 0.1) is 0 Å². The lowest BCUT2D eigenvalue weighted by Crippen LogP contribution is -2.21. The largest absolute Gasteiger partial charge is 0.372 e. The molecule has 1 heterocycles. The molecule has 0 radical (unpaired) electrons. The second kappa shape index (κ2) is 6.52. The average molecular weight is 327 g/mol. The molecule has 0 aliphatic heterocycles. The van der Waals surface area contributed by atoms with Crippen LogP contribution >= 0.6 is 0 Å². The van der Waals surface area contributed by atoms with Crippen LogP contribution in [0.15, 0.2) is 66.9 Å². The van der Waals surface area contributed by atoms with E-state index in [-0.39, 0.29) is 0 Å². The Hall–Kier alpha value is -2.94. The maximum atomic E-state index is 4.79. The molecule has 3 heteroatoms. The normalized spacial score (nSPS) is 11.1. The Morgan fingerprint density at radius 2 is 1.56 bits per heavy atom. The van der Waals surface area contributed by atoms with Crippen LogP contribution in [0.3, 0.4) is 0 Å². The third-order valence-electron chi connectivity index (χ3n) is 4.74. The Kier molecular flexibility index (Phi) is 4.06. The fraction of sp³-hybridized carbons (Fsp3) is 0.182. The van der Waals surface area contributed by atoms with E-state index in [1.165, 1.54) is 16.5 Å². The van der Waals surface area contributed by atoms with Crippen molar-refractivity contribution in [3.8, 4) is 11.4 Å². The van der Waals surface area contributed by atoms with Gasteiger partial charge in [-0.25, -0.2) is 9.97 Å². The molecule has 4 rings (SSSR count). The van der Waals surface area contributed by atoms with Gasteiger partial charge >= 0.3 is 0 Å². The summed E-state index contributed by atoms with van der Waals surface area (Å²) >= 11 is 0. The molecule has 0 saturated carbocycles. The Balaban J connectivity index is 1.75. The predicted octanol–water partition coefficient (Wildman–Crippen LogP) is 5.30. The molecule has 0 bridgehead atoms. The van der Waals surface area contributed by atoms with Crippen molar-refractivity contribution in [3.05, 3.63) is 66.9 Å². The van der Waals surface area contributed by atoms with E-state index >= 15 is 0 Å². The van der Waals surface area contributed by atoms with Gasteiger partial charge in [-0.05, 0) is 55.0 Å². The molecule has 0 amide bonds. The number of nitrogens with zero attached hydrogens (tertiary/aromatic N) is 3. The van der Waals surface area contributed by atoms with E-state index in [2.05, 4.69) is 84.4 Å². The first-order valence-electron chi connectivity index (χ1n) is 8.80. The van der Waals surface area contributed by atoms with Gasteiger partial charge in [0.1, 0.15) is 0 Å². The number of aromatic nitrogens is 2. The molecule has 25 heavy (non-hydrogen) atoms. The van der Waals surface area contributed by atoms with Gasteiger partial charge in [0.15, 0.2) is 5.82 Å². The standard InChI is InChI=1S/C22H21N3/c1-3-25(4-2)18-12-9-17(10-13-18)22-23-15-20-19-8-6-5-7-16(19)11-14-21(20)24-22/h5-15H,3-4H2,1-2H3. The second-order valence-corrected chi connectivity index (χ2v) is 6.13. The first kappa shape index (κ1) is 15.6. The summed E-state index contributed by atoms with van der Waals surface area (Å²) in [6, 6.07) is 21.1. The number of rotatable bonds is 4. The van der Waals surface area contributed by atoms with Crippen LogP contribution in [0.2, 0.25) is 0 Å². The van der Waals surface area contributed by atoms with Crippen LogP contribution in [0.4, 0.5) is 5.69 Å². The van der Waals surface area contributed by atoms with Crippen LogP contribution in [-0.4, -0.2) is 23.1 Å². The number of benzene rings is 3. The van der Waals surface area contributed by atoms with Gasteiger partial charge in [-0.3, -0.25) is 0 Å². The summed E-state index contributed by atoms with van der Waals surface area (Å²) in [5.74, 6) is 0.772. The Morgan fingerprint density at radius 3 is 2.32 bits per heavy atom. The van der Waals surface area contributed by atoms with Gasteiger partial charge < -0.3 is 4.90 Å². The molecule has 3 nitrogen and oxygen atoms in total. The summed E-state index contributed by atoms with van der Waals surface area (Å²) in [5, 5.41) is 3.51. The molecule has 0 N–H and O–H groups in total.